The maximum atomic E-state index is 5.76. The van der Waals surface area contributed by atoms with E-state index in [1.54, 1.807) is 0 Å². The van der Waals surface area contributed by atoms with Gasteiger partial charge in [0.25, 0.3) is 0 Å². The van der Waals surface area contributed by atoms with Gasteiger partial charge in [-0.05, 0) is 31.0 Å². The topological polar surface area (TPSA) is 9.23 Å². The molecular formula is C15H16O. The average Bonchev–Trinajstić information content (AvgIpc) is 2.30. The highest BCUT2D eigenvalue weighted by molar-refractivity contribution is 5.32. The van der Waals surface area contributed by atoms with E-state index in [-0.39, 0.29) is 0 Å². The Bertz CT molecular complexity index is 457. The van der Waals surface area contributed by atoms with Gasteiger partial charge in [0.15, 0.2) is 0 Å². The summed E-state index contributed by atoms with van der Waals surface area (Å²) in [5, 5.41) is 0. The molecular weight excluding hydrogens is 196 g/mol. The van der Waals surface area contributed by atoms with Gasteiger partial charge in [0, 0.05) is 0 Å². The van der Waals surface area contributed by atoms with Gasteiger partial charge in [-0.2, -0.15) is 0 Å². The molecule has 0 aliphatic rings. The van der Waals surface area contributed by atoms with Gasteiger partial charge in [-0.25, -0.2) is 0 Å². The summed E-state index contributed by atoms with van der Waals surface area (Å²) in [6.45, 7) is 4.78. The van der Waals surface area contributed by atoms with E-state index >= 15 is 0 Å². The van der Waals surface area contributed by atoms with Crippen LogP contribution in [0.1, 0.15) is 16.7 Å². The second kappa shape index (κ2) is 4.84. The molecule has 0 unspecified atom stereocenters. The largest absolute Gasteiger partial charge is 0.489 e. The van der Waals surface area contributed by atoms with E-state index < -0.39 is 0 Å². The Morgan fingerprint density at radius 3 is 2.25 bits per heavy atom. The third-order valence-corrected chi connectivity index (χ3v) is 2.61. The van der Waals surface area contributed by atoms with Gasteiger partial charge >= 0.3 is 0 Å². The molecule has 0 atom stereocenters. The van der Waals surface area contributed by atoms with E-state index in [9.17, 15) is 0 Å². The second-order valence-electron chi connectivity index (χ2n) is 4.04. The number of benzene rings is 2. The fourth-order valence-corrected chi connectivity index (χ4v) is 1.56. The maximum absolute atomic E-state index is 5.76. The van der Waals surface area contributed by atoms with E-state index in [0.717, 1.165) is 5.75 Å². The molecule has 16 heavy (non-hydrogen) atoms. The molecule has 0 spiro atoms. The van der Waals surface area contributed by atoms with Crippen LogP contribution >= 0.6 is 0 Å². The fourth-order valence-electron chi connectivity index (χ4n) is 1.56. The van der Waals surface area contributed by atoms with Crippen LogP contribution in [0, 0.1) is 13.8 Å². The van der Waals surface area contributed by atoms with Gasteiger partial charge in [-0.15, -0.1) is 0 Å². The Hall–Kier alpha value is -1.76. The quantitative estimate of drug-likeness (QED) is 0.750. The molecule has 0 N–H and O–H groups in total. The number of hydrogen-bond acceptors (Lipinski definition) is 1. The Morgan fingerprint density at radius 2 is 1.56 bits per heavy atom. The van der Waals surface area contributed by atoms with Gasteiger partial charge in [0.2, 0.25) is 0 Å². The first-order chi connectivity index (χ1) is 7.75. The predicted molar refractivity (Wildman–Crippen MR) is 66.7 cm³/mol. The summed E-state index contributed by atoms with van der Waals surface area (Å²) in [7, 11) is 0. The Labute approximate surface area is 96.7 Å². The molecule has 0 heterocycles. The third-order valence-electron chi connectivity index (χ3n) is 2.61. The zero-order valence-electron chi connectivity index (χ0n) is 9.73. The minimum absolute atomic E-state index is 0.630. The minimum Gasteiger partial charge on any atom is -0.489 e. The van der Waals surface area contributed by atoms with Crippen LogP contribution in [0.4, 0.5) is 0 Å². The molecule has 0 aliphatic carbocycles. The lowest BCUT2D eigenvalue weighted by molar-refractivity contribution is 0.304. The zero-order valence-corrected chi connectivity index (χ0v) is 9.73. The molecule has 2 rings (SSSR count). The fraction of sp³-hybridized carbons (Fsp3) is 0.200. The number of rotatable bonds is 3. The molecule has 1 nitrogen and oxygen atoms in total. The highest BCUT2D eigenvalue weighted by atomic mass is 16.5. The number of aryl methyl sites for hydroxylation is 2. The van der Waals surface area contributed by atoms with Crippen LogP contribution in [0.15, 0.2) is 48.5 Å². The first kappa shape index (κ1) is 10.7. The normalized spacial score (nSPS) is 10.1. The number of hydrogen-bond donors (Lipinski definition) is 0. The molecule has 0 bridgehead atoms. The lowest BCUT2D eigenvalue weighted by Gasteiger charge is -2.08. The van der Waals surface area contributed by atoms with E-state index in [4.69, 9.17) is 4.74 Å². The van der Waals surface area contributed by atoms with Crippen molar-refractivity contribution < 1.29 is 4.74 Å². The smallest absolute Gasteiger partial charge is 0.122 e. The van der Waals surface area contributed by atoms with Crippen LogP contribution in [0.3, 0.4) is 0 Å². The van der Waals surface area contributed by atoms with Crippen molar-refractivity contribution in [2.75, 3.05) is 0 Å². The van der Waals surface area contributed by atoms with E-state index in [2.05, 4.69) is 44.2 Å². The Balaban J connectivity index is 2.02. The second-order valence-corrected chi connectivity index (χ2v) is 4.04. The number of para-hydroxylation sites is 1. The lowest BCUT2D eigenvalue weighted by atomic mass is 10.2. The summed E-state index contributed by atoms with van der Waals surface area (Å²) in [5.74, 6) is 0.961. The first-order valence-electron chi connectivity index (χ1n) is 5.50. The van der Waals surface area contributed by atoms with Crippen molar-refractivity contribution in [3.63, 3.8) is 0 Å². The zero-order chi connectivity index (χ0) is 11.4. The van der Waals surface area contributed by atoms with Crippen molar-refractivity contribution in [1.82, 2.24) is 0 Å². The van der Waals surface area contributed by atoms with Crippen LogP contribution in [-0.4, -0.2) is 0 Å². The van der Waals surface area contributed by atoms with Crippen LogP contribution in [0.2, 0.25) is 0 Å². The van der Waals surface area contributed by atoms with Crippen molar-refractivity contribution in [2.24, 2.45) is 0 Å². The molecule has 0 fully saturated rings. The molecule has 0 saturated carbocycles. The highest BCUT2D eigenvalue weighted by Crippen LogP contribution is 2.17. The molecule has 0 saturated heterocycles. The van der Waals surface area contributed by atoms with Gasteiger partial charge in [-0.3, -0.25) is 0 Å². The van der Waals surface area contributed by atoms with E-state index in [1.807, 2.05) is 18.2 Å². The first-order valence-corrected chi connectivity index (χ1v) is 5.50. The van der Waals surface area contributed by atoms with Crippen LogP contribution < -0.4 is 4.74 Å². The molecule has 0 radical (unpaired) electrons. The van der Waals surface area contributed by atoms with Crippen molar-refractivity contribution in [3.8, 4) is 5.75 Å². The van der Waals surface area contributed by atoms with Crippen molar-refractivity contribution in [2.45, 2.75) is 20.5 Å². The SMILES string of the molecule is Cc1ccc(COc2ccccc2C)cc1. The standard InChI is InChI=1S/C15H16O/c1-12-7-9-14(10-8-12)11-16-15-6-4-3-5-13(15)2/h3-10H,11H2,1-2H3. The van der Waals surface area contributed by atoms with E-state index in [1.165, 1.54) is 16.7 Å². The molecule has 1 heteroatoms. The van der Waals surface area contributed by atoms with Gasteiger partial charge < -0.3 is 4.74 Å². The summed E-state index contributed by atoms with van der Waals surface area (Å²) in [6, 6.07) is 16.5. The molecule has 0 amide bonds. The average molecular weight is 212 g/mol. The van der Waals surface area contributed by atoms with Gasteiger partial charge in [0.1, 0.15) is 12.4 Å². The summed E-state index contributed by atoms with van der Waals surface area (Å²) >= 11 is 0. The summed E-state index contributed by atoms with van der Waals surface area (Å²) < 4.78 is 5.76. The summed E-state index contributed by atoms with van der Waals surface area (Å²) in [5.41, 5.74) is 3.66. The molecule has 2 aromatic rings. The molecule has 82 valence electrons. The number of ether oxygens (including phenoxy) is 1. The monoisotopic (exact) mass is 212 g/mol. The van der Waals surface area contributed by atoms with Crippen LogP contribution in [-0.2, 0) is 6.61 Å². The van der Waals surface area contributed by atoms with E-state index in [0.29, 0.717) is 6.61 Å². The van der Waals surface area contributed by atoms with Crippen molar-refractivity contribution >= 4 is 0 Å². The summed E-state index contributed by atoms with van der Waals surface area (Å²) in [6.07, 6.45) is 0. The van der Waals surface area contributed by atoms with Crippen LogP contribution in [0.25, 0.3) is 0 Å². The minimum atomic E-state index is 0.630. The highest BCUT2D eigenvalue weighted by Gasteiger charge is 1.98. The van der Waals surface area contributed by atoms with Crippen molar-refractivity contribution in [1.29, 1.82) is 0 Å². The Morgan fingerprint density at radius 1 is 0.875 bits per heavy atom. The summed E-state index contributed by atoms with van der Waals surface area (Å²) in [4.78, 5) is 0. The molecule has 0 aliphatic heterocycles. The van der Waals surface area contributed by atoms with Gasteiger partial charge in [-0.1, -0.05) is 48.0 Å². The third kappa shape index (κ3) is 2.63. The Kier molecular flexibility index (Phi) is 3.25. The lowest BCUT2D eigenvalue weighted by Crippen LogP contribution is -1.96. The van der Waals surface area contributed by atoms with Gasteiger partial charge in [0.05, 0.1) is 0 Å². The molecule has 2 aromatic carbocycles. The van der Waals surface area contributed by atoms with Crippen molar-refractivity contribution in [3.05, 3.63) is 65.2 Å². The maximum Gasteiger partial charge on any atom is 0.122 e. The molecule has 0 aromatic heterocycles. The van der Waals surface area contributed by atoms with Crippen LogP contribution in [0.5, 0.6) is 5.75 Å². The predicted octanol–water partition coefficient (Wildman–Crippen LogP) is 3.88.